The number of non-ortho nitro benzene ring substituents is 1. The lowest BCUT2D eigenvalue weighted by Crippen LogP contribution is -2.14. The molecule has 5 heteroatoms. The van der Waals surface area contributed by atoms with Crippen molar-refractivity contribution in [1.82, 2.24) is 4.98 Å². The van der Waals surface area contributed by atoms with Gasteiger partial charge in [0.1, 0.15) is 6.29 Å². The molecule has 0 aliphatic heterocycles. The van der Waals surface area contributed by atoms with Gasteiger partial charge in [-0.2, -0.15) is 0 Å². The first-order valence-electron chi connectivity index (χ1n) is 6.07. The van der Waals surface area contributed by atoms with Gasteiger partial charge in [0.25, 0.3) is 5.69 Å². The largest absolute Gasteiger partial charge is 0.358 e. The summed E-state index contributed by atoms with van der Waals surface area (Å²) < 4.78 is 0. The van der Waals surface area contributed by atoms with Crippen LogP contribution in [0.15, 0.2) is 18.2 Å². The van der Waals surface area contributed by atoms with E-state index in [1.807, 2.05) is 20.8 Å². The molecule has 0 spiro atoms. The fraction of sp³-hybridized carbons (Fsp3) is 0.357. The molecular weight excluding hydrogens is 244 g/mol. The fourth-order valence-electron chi connectivity index (χ4n) is 2.28. The molecule has 0 aliphatic rings. The number of aromatic nitrogens is 1. The topological polar surface area (TPSA) is 76.0 Å². The predicted octanol–water partition coefficient (Wildman–Crippen LogP) is 3.12. The van der Waals surface area contributed by atoms with Gasteiger partial charge in [0, 0.05) is 40.6 Å². The Morgan fingerprint density at radius 1 is 1.37 bits per heavy atom. The van der Waals surface area contributed by atoms with Crippen LogP contribution in [0.25, 0.3) is 10.9 Å². The zero-order chi connectivity index (χ0) is 14.2. The lowest BCUT2D eigenvalue weighted by molar-refractivity contribution is -0.384. The van der Waals surface area contributed by atoms with Gasteiger partial charge in [-0.3, -0.25) is 10.1 Å². The van der Waals surface area contributed by atoms with Gasteiger partial charge in [-0.25, -0.2) is 0 Å². The molecule has 1 aromatic carbocycles. The number of hydrogen-bond donors (Lipinski definition) is 1. The van der Waals surface area contributed by atoms with Crippen LogP contribution >= 0.6 is 0 Å². The summed E-state index contributed by atoms with van der Waals surface area (Å²) in [7, 11) is 0. The highest BCUT2D eigenvalue weighted by Crippen LogP contribution is 2.33. The van der Waals surface area contributed by atoms with Crippen molar-refractivity contribution in [3.05, 3.63) is 39.6 Å². The smallest absolute Gasteiger partial charge is 0.270 e. The number of carbonyl (C=O) groups is 1. The number of nitrogens with zero attached hydrogens (tertiary/aromatic N) is 1. The third-order valence-corrected chi connectivity index (χ3v) is 3.14. The van der Waals surface area contributed by atoms with Crippen molar-refractivity contribution in [3.8, 4) is 0 Å². The maximum absolute atomic E-state index is 10.9. The minimum absolute atomic E-state index is 0.0408. The summed E-state index contributed by atoms with van der Waals surface area (Å²) in [6, 6.07) is 4.69. The summed E-state index contributed by atoms with van der Waals surface area (Å²) in [6.45, 7) is 6.13. The van der Waals surface area contributed by atoms with Crippen LogP contribution in [-0.4, -0.2) is 16.2 Å². The Kier molecular flexibility index (Phi) is 3.14. The monoisotopic (exact) mass is 260 g/mol. The van der Waals surface area contributed by atoms with E-state index in [2.05, 4.69) is 4.98 Å². The van der Waals surface area contributed by atoms with Crippen LogP contribution in [0.5, 0.6) is 0 Å². The summed E-state index contributed by atoms with van der Waals surface area (Å²) >= 11 is 0. The van der Waals surface area contributed by atoms with Crippen molar-refractivity contribution in [3.63, 3.8) is 0 Å². The summed E-state index contributed by atoms with van der Waals surface area (Å²) in [5.74, 6) is 0. The molecule has 2 rings (SSSR count). The van der Waals surface area contributed by atoms with Crippen LogP contribution in [0.4, 0.5) is 5.69 Å². The zero-order valence-corrected chi connectivity index (χ0v) is 11.2. The number of nitro benzene ring substituents is 1. The number of nitro groups is 1. The van der Waals surface area contributed by atoms with E-state index in [1.165, 1.54) is 12.1 Å². The number of aldehydes is 1. The Bertz CT molecular complexity index is 650. The Hall–Kier alpha value is -2.17. The molecule has 0 radical (unpaired) electrons. The molecule has 0 amide bonds. The van der Waals surface area contributed by atoms with Crippen LogP contribution in [0.2, 0.25) is 0 Å². The van der Waals surface area contributed by atoms with Gasteiger partial charge in [0.2, 0.25) is 0 Å². The molecule has 19 heavy (non-hydrogen) atoms. The molecule has 100 valence electrons. The van der Waals surface area contributed by atoms with Gasteiger partial charge in [-0.05, 0) is 11.6 Å². The van der Waals surface area contributed by atoms with Crippen molar-refractivity contribution < 1.29 is 9.72 Å². The van der Waals surface area contributed by atoms with Crippen molar-refractivity contribution in [2.75, 3.05) is 0 Å². The molecule has 0 atom stereocenters. The summed E-state index contributed by atoms with van der Waals surface area (Å²) in [5.41, 5.74) is 2.52. The highest BCUT2D eigenvalue weighted by Gasteiger charge is 2.23. The van der Waals surface area contributed by atoms with E-state index in [4.69, 9.17) is 0 Å². The highest BCUT2D eigenvalue weighted by atomic mass is 16.6. The van der Waals surface area contributed by atoms with Crippen LogP contribution in [0.3, 0.4) is 0 Å². The SMILES string of the molecule is CC(C)(C)c1[nH]c2ccc([N+](=O)[O-])cc2c1CC=O. The first kappa shape index (κ1) is 13.3. The summed E-state index contributed by atoms with van der Waals surface area (Å²) in [6.07, 6.45) is 1.09. The van der Waals surface area contributed by atoms with E-state index in [0.717, 1.165) is 28.4 Å². The molecule has 0 fully saturated rings. The third kappa shape index (κ3) is 2.36. The standard InChI is InChI=1S/C14H16N2O3/c1-14(2,3)13-10(6-7-17)11-8-9(16(18)19)4-5-12(11)15-13/h4-5,7-8,15H,6H2,1-3H3. The minimum atomic E-state index is -0.423. The minimum Gasteiger partial charge on any atom is -0.358 e. The first-order chi connectivity index (χ1) is 8.84. The van der Waals surface area contributed by atoms with Crippen LogP contribution in [0, 0.1) is 10.1 Å². The number of nitrogens with one attached hydrogen (secondary N) is 1. The van der Waals surface area contributed by atoms with Crippen LogP contribution in [-0.2, 0) is 16.6 Å². The summed E-state index contributed by atoms with van der Waals surface area (Å²) in [5, 5.41) is 11.6. The average molecular weight is 260 g/mol. The second kappa shape index (κ2) is 4.50. The highest BCUT2D eigenvalue weighted by molar-refractivity contribution is 5.89. The lowest BCUT2D eigenvalue weighted by atomic mass is 9.88. The van der Waals surface area contributed by atoms with E-state index < -0.39 is 4.92 Å². The van der Waals surface area contributed by atoms with E-state index in [1.54, 1.807) is 6.07 Å². The lowest BCUT2D eigenvalue weighted by Gasteiger charge is -2.18. The molecule has 0 aliphatic carbocycles. The molecule has 0 unspecified atom stereocenters. The van der Waals surface area contributed by atoms with Crippen LogP contribution in [0.1, 0.15) is 32.0 Å². The first-order valence-corrected chi connectivity index (χ1v) is 6.07. The van der Waals surface area contributed by atoms with Crippen molar-refractivity contribution in [2.24, 2.45) is 0 Å². The molecule has 1 heterocycles. The Balaban J connectivity index is 2.75. The maximum atomic E-state index is 10.9. The van der Waals surface area contributed by atoms with E-state index in [9.17, 15) is 14.9 Å². The number of fused-ring (bicyclic) bond motifs is 1. The second-order valence-electron chi connectivity index (χ2n) is 5.59. The van der Waals surface area contributed by atoms with Gasteiger partial charge in [0.05, 0.1) is 4.92 Å². The van der Waals surface area contributed by atoms with Gasteiger partial charge >= 0.3 is 0 Å². The molecular formula is C14H16N2O3. The number of benzene rings is 1. The molecule has 0 saturated carbocycles. The quantitative estimate of drug-likeness (QED) is 0.523. The normalized spacial score (nSPS) is 11.7. The maximum Gasteiger partial charge on any atom is 0.270 e. The molecule has 0 bridgehead atoms. The fourth-order valence-corrected chi connectivity index (χ4v) is 2.28. The second-order valence-corrected chi connectivity index (χ2v) is 5.59. The van der Waals surface area contributed by atoms with Gasteiger partial charge in [-0.1, -0.05) is 20.8 Å². The Labute approximate surface area is 110 Å². The molecule has 1 aromatic heterocycles. The number of rotatable bonds is 3. The van der Waals surface area contributed by atoms with Gasteiger partial charge in [-0.15, -0.1) is 0 Å². The van der Waals surface area contributed by atoms with Crippen molar-refractivity contribution in [2.45, 2.75) is 32.6 Å². The molecule has 0 saturated heterocycles. The Morgan fingerprint density at radius 2 is 2.05 bits per heavy atom. The number of carbonyl (C=O) groups excluding carboxylic acids is 1. The van der Waals surface area contributed by atoms with E-state index in [0.29, 0.717) is 0 Å². The summed E-state index contributed by atoms with van der Waals surface area (Å²) in [4.78, 5) is 24.6. The average Bonchev–Trinajstić information content (AvgIpc) is 2.68. The van der Waals surface area contributed by atoms with Crippen LogP contribution < -0.4 is 0 Å². The Morgan fingerprint density at radius 3 is 2.58 bits per heavy atom. The van der Waals surface area contributed by atoms with Crippen molar-refractivity contribution in [1.29, 1.82) is 0 Å². The number of hydrogen-bond acceptors (Lipinski definition) is 3. The number of H-pyrrole nitrogens is 1. The third-order valence-electron chi connectivity index (χ3n) is 3.14. The molecule has 2 aromatic rings. The number of aromatic amines is 1. The van der Waals surface area contributed by atoms with Gasteiger partial charge in [0.15, 0.2) is 0 Å². The van der Waals surface area contributed by atoms with E-state index in [-0.39, 0.29) is 17.5 Å². The van der Waals surface area contributed by atoms with Crippen molar-refractivity contribution >= 4 is 22.9 Å². The zero-order valence-electron chi connectivity index (χ0n) is 11.2. The molecule has 1 N–H and O–H groups in total. The van der Waals surface area contributed by atoms with Gasteiger partial charge < -0.3 is 9.78 Å². The molecule has 5 nitrogen and oxygen atoms in total. The predicted molar refractivity (Wildman–Crippen MR) is 73.4 cm³/mol. The van der Waals surface area contributed by atoms with E-state index >= 15 is 0 Å².